The van der Waals surface area contributed by atoms with Gasteiger partial charge in [0.05, 0.1) is 0 Å². The summed E-state index contributed by atoms with van der Waals surface area (Å²) in [5.74, 6) is 0.916. The van der Waals surface area contributed by atoms with Gasteiger partial charge in [-0.1, -0.05) is 28.1 Å². The van der Waals surface area contributed by atoms with Gasteiger partial charge in [-0.25, -0.2) is 0 Å². The molecule has 1 fully saturated rings. The Bertz CT molecular complexity index is 333. The minimum Gasteiger partial charge on any atom is -0.307 e. The fourth-order valence-electron chi connectivity index (χ4n) is 2.00. The van der Waals surface area contributed by atoms with E-state index in [4.69, 9.17) is 0 Å². The van der Waals surface area contributed by atoms with Crippen LogP contribution in [0.4, 0.5) is 0 Å². The highest BCUT2D eigenvalue weighted by molar-refractivity contribution is 9.10. The first-order valence-electron chi connectivity index (χ1n) is 5.68. The third-order valence-corrected chi connectivity index (χ3v) is 3.68. The highest BCUT2D eigenvalue weighted by atomic mass is 79.9. The van der Waals surface area contributed by atoms with Gasteiger partial charge >= 0.3 is 0 Å². The van der Waals surface area contributed by atoms with Crippen LogP contribution < -0.4 is 5.32 Å². The molecule has 1 aliphatic rings. The molecule has 0 heterocycles. The number of benzene rings is 1. The van der Waals surface area contributed by atoms with Gasteiger partial charge in [-0.05, 0) is 50.3 Å². The van der Waals surface area contributed by atoms with E-state index in [1.54, 1.807) is 0 Å². The first-order chi connectivity index (χ1) is 7.16. The molecule has 2 atom stereocenters. The van der Waals surface area contributed by atoms with E-state index >= 15 is 0 Å². The quantitative estimate of drug-likeness (QED) is 0.873. The third kappa shape index (κ3) is 3.05. The van der Waals surface area contributed by atoms with Gasteiger partial charge in [-0.3, -0.25) is 0 Å². The molecule has 2 rings (SSSR count). The van der Waals surface area contributed by atoms with Crippen molar-refractivity contribution in [2.75, 3.05) is 0 Å². The zero-order chi connectivity index (χ0) is 10.8. The molecule has 0 aliphatic heterocycles. The van der Waals surface area contributed by atoms with E-state index in [9.17, 15) is 0 Å². The second kappa shape index (κ2) is 4.67. The number of hydrogen-bond acceptors (Lipinski definition) is 1. The molecule has 1 nitrogen and oxygen atoms in total. The van der Waals surface area contributed by atoms with Gasteiger partial charge in [0.2, 0.25) is 0 Å². The summed E-state index contributed by atoms with van der Waals surface area (Å²) in [5.41, 5.74) is 1.36. The monoisotopic (exact) mass is 267 g/mol. The average Bonchev–Trinajstić information content (AvgIpc) is 3.00. The van der Waals surface area contributed by atoms with Crippen LogP contribution >= 0.6 is 15.9 Å². The SMILES string of the molecule is C[C@@H](N[C@H](C)C1CC1)c1cccc(Br)c1. The molecular formula is C13H18BrN. The Labute approximate surface area is 100 Å². The van der Waals surface area contributed by atoms with Crippen molar-refractivity contribution in [2.45, 2.75) is 38.8 Å². The van der Waals surface area contributed by atoms with Crippen LogP contribution in [-0.4, -0.2) is 6.04 Å². The lowest BCUT2D eigenvalue weighted by molar-refractivity contribution is 0.441. The van der Waals surface area contributed by atoms with E-state index < -0.39 is 0 Å². The molecular weight excluding hydrogens is 250 g/mol. The van der Waals surface area contributed by atoms with Crippen LogP contribution in [0.5, 0.6) is 0 Å². The summed E-state index contributed by atoms with van der Waals surface area (Å²) in [6.45, 7) is 4.53. The zero-order valence-corrected chi connectivity index (χ0v) is 10.9. The second-order valence-corrected chi connectivity index (χ2v) is 5.49. The van der Waals surface area contributed by atoms with E-state index in [0.29, 0.717) is 12.1 Å². The van der Waals surface area contributed by atoms with Gasteiger partial charge in [0, 0.05) is 16.6 Å². The summed E-state index contributed by atoms with van der Waals surface area (Å²) >= 11 is 3.51. The maximum Gasteiger partial charge on any atom is 0.0294 e. The standard InChI is InChI=1S/C13H18BrN/c1-9(11-6-7-11)15-10(2)12-4-3-5-13(14)8-12/h3-5,8-11,15H,6-7H2,1-2H3/t9-,10-/m1/s1. The van der Waals surface area contributed by atoms with Crippen molar-refractivity contribution in [1.82, 2.24) is 5.32 Å². The molecule has 0 saturated heterocycles. The largest absolute Gasteiger partial charge is 0.307 e. The van der Waals surface area contributed by atoms with Gasteiger partial charge in [0.25, 0.3) is 0 Å². The molecule has 1 aliphatic carbocycles. The summed E-state index contributed by atoms with van der Waals surface area (Å²) in [6, 6.07) is 9.64. The van der Waals surface area contributed by atoms with Crippen LogP contribution in [0.25, 0.3) is 0 Å². The molecule has 2 heteroatoms. The van der Waals surface area contributed by atoms with E-state index in [-0.39, 0.29) is 0 Å². The minimum absolute atomic E-state index is 0.443. The van der Waals surface area contributed by atoms with Gasteiger partial charge in [0.15, 0.2) is 0 Å². The Morgan fingerprint density at radius 1 is 1.33 bits per heavy atom. The molecule has 0 unspecified atom stereocenters. The van der Waals surface area contributed by atoms with Gasteiger partial charge in [-0.15, -0.1) is 0 Å². The van der Waals surface area contributed by atoms with Crippen molar-refractivity contribution in [3.8, 4) is 0 Å². The Morgan fingerprint density at radius 2 is 2.07 bits per heavy atom. The summed E-state index contributed by atoms with van der Waals surface area (Å²) in [4.78, 5) is 0. The Balaban J connectivity index is 1.97. The van der Waals surface area contributed by atoms with E-state index in [0.717, 1.165) is 10.4 Å². The molecule has 1 saturated carbocycles. The molecule has 0 spiro atoms. The Morgan fingerprint density at radius 3 is 2.67 bits per heavy atom. The zero-order valence-electron chi connectivity index (χ0n) is 9.33. The molecule has 0 bridgehead atoms. The first kappa shape index (κ1) is 11.2. The predicted octanol–water partition coefficient (Wildman–Crippen LogP) is 3.90. The lowest BCUT2D eigenvalue weighted by atomic mass is 10.1. The molecule has 0 aromatic heterocycles. The maximum absolute atomic E-state index is 3.66. The third-order valence-electron chi connectivity index (χ3n) is 3.19. The fourth-order valence-corrected chi connectivity index (χ4v) is 2.42. The van der Waals surface area contributed by atoms with Crippen LogP contribution in [0.1, 0.15) is 38.3 Å². The normalized spacial score (nSPS) is 19.9. The number of halogens is 1. The summed E-state index contributed by atoms with van der Waals surface area (Å²) in [7, 11) is 0. The number of hydrogen-bond donors (Lipinski definition) is 1. The van der Waals surface area contributed by atoms with Crippen LogP contribution in [0, 0.1) is 5.92 Å². The lowest BCUT2D eigenvalue weighted by Gasteiger charge is -2.20. The smallest absolute Gasteiger partial charge is 0.0294 e. The summed E-state index contributed by atoms with van der Waals surface area (Å²) in [5, 5.41) is 3.66. The van der Waals surface area contributed by atoms with Crippen molar-refractivity contribution < 1.29 is 0 Å². The predicted molar refractivity (Wildman–Crippen MR) is 67.9 cm³/mol. The minimum atomic E-state index is 0.443. The molecule has 1 aromatic rings. The number of nitrogens with one attached hydrogen (secondary N) is 1. The Kier molecular flexibility index (Phi) is 3.47. The molecule has 1 aromatic carbocycles. The Hall–Kier alpha value is -0.340. The average molecular weight is 268 g/mol. The highest BCUT2D eigenvalue weighted by Gasteiger charge is 2.28. The second-order valence-electron chi connectivity index (χ2n) is 4.57. The first-order valence-corrected chi connectivity index (χ1v) is 6.47. The van der Waals surface area contributed by atoms with Crippen molar-refractivity contribution >= 4 is 15.9 Å². The van der Waals surface area contributed by atoms with Crippen LogP contribution in [0.15, 0.2) is 28.7 Å². The van der Waals surface area contributed by atoms with Crippen molar-refractivity contribution in [2.24, 2.45) is 5.92 Å². The van der Waals surface area contributed by atoms with Crippen LogP contribution in [0.2, 0.25) is 0 Å². The lowest BCUT2D eigenvalue weighted by Crippen LogP contribution is -2.30. The molecule has 0 radical (unpaired) electrons. The van der Waals surface area contributed by atoms with Gasteiger partial charge < -0.3 is 5.32 Å². The number of rotatable bonds is 4. The van der Waals surface area contributed by atoms with Crippen molar-refractivity contribution in [3.63, 3.8) is 0 Å². The van der Waals surface area contributed by atoms with Gasteiger partial charge in [0.1, 0.15) is 0 Å². The topological polar surface area (TPSA) is 12.0 Å². The molecule has 0 amide bonds. The summed E-state index contributed by atoms with van der Waals surface area (Å²) < 4.78 is 1.16. The molecule has 82 valence electrons. The molecule has 15 heavy (non-hydrogen) atoms. The van der Waals surface area contributed by atoms with E-state index in [1.807, 2.05) is 0 Å². The fraction of sp³-hybridized carbons (Fsp3) is 0.538. The van der Waals surface area contributed by atoms with Gasteiger partial charge in [-0.2, -0.15) is 0 Å². The van der Waals surface area contributed by atoms with Crippen LogP contribution in [-0.2, 0) is 0 Å². The highest BCUT2D eigenvalue weighted by Crippen LogP contribution is 2.33. The molecule has 1 N–H and O–H groups in total. The van der Waals surface area contributed by atoms with Crippen LogP contribution in [0.3, 0.4) is 0 Å². The van der Waals surface area contributed by atoms with E-state index in [1.165, 1.54) is 18.4 Å². The van der Waals surface area contributed by atoms with E-state index in [2.05, 4.69) is 59.4 Å². The van der Waals surface area contributed by atoms with Crippen molar-refractivity contribution in [3.05, 3.63) is 34.3 Å². The van der Waals surface area contributed by atoms with Crippen molar-refractivity contribution in [1.29, 1.82) is 0 Å². The maximum atomic E-state index is 3.66. The summed E-state index contributed by atoms with van der Waals surface area (Å²) in [6.07, 6.45) is 2.80.